The summed E-state index contributed by atoms with van der Waals surface area (Å²) >= 11 is 6.13. The number of benzene rings is 1. The summed E-state index contributed by atoms with van der Waals surface area (Å²) in [5, 5.41) is 7.68. The monoisotopic (exact) mass is 429 g/mol. The van der Waals surface area contributed by atoms with Crippen molar-refractivity contribution in [1.82, 2.24) is 15.6 Å². The van der Waals surface area contributed by atoms with Crippen LogP contribution in [0.5, 0.6) is 0 Å². The van der Waals surface area contributed by atoms with E-state index in [2.05, 4.69) is 51.5 Å². The average molecular weight is 430 g/mol. The first kappa shape index (κ1) is 22.4. The van der Waals surface area contributed by atoms with E-state index in [1.165, 1.54) is 5.56 Å². The van der Waals surface area contributed by atoms with E-state index in [-0.39, 0.29) is 5.41 Å². The zero-order chi connectivity index (χ0) is 21.4. The van der Waals surface area contributed by atoms with Crippen molar-refractivity contribution in [3.05, 3.63) is 58.7 Å². The molecule has 0 amide bonds. The summed E-state index contributed by atoms with van der Waals surface area (Å²) in [6.07, 6.45) is 2.78. The molecule has 0 aliphatic carbocycles. The van der Waals surface area contributed by atoms with Crippen LogP contribution in [0.1, 0.15) is 25.0 Å². The minimum Gasteiger partial charge on any atom is -0.378 e. The molecule has 2 N–H and O–H groups in total. The summed E-state index contributed by atoms with van der Waals surface area (Å²) in [5.74, 6) is 1.80. The fraction of sp³-hybridized carbons (Fsp3) is 0.478. The molecule has 2 heterocycles. The van der Waals surface area contributed by atoms with Gasteiger partial charge in [-0.3, -0.25) is 4.99 Å². The third-order valence-electron chi connectivity index (χ3n) is 5.15. The number of ether oxygens (including phenoxy) is 1. The van der Waals surface area contributed by atoms with Gasteiger partial charge in [-0.2, -0.15) is 0 Å². The van der Waals surface area contributed by atoms with E-state index in [1.807, 2.05) is 30.5 Å². The Morgan fingerprint density at radius 3 is 2.73 bits per heavy atom. The molecular weight excluding hydrogens is 398 g/mol. The van der Waals surface area contributed by atoms with Crippen LogP contribution in [-0.4, -0.2) is 50.8 Å². The Hall–Kier alpha value is -2.31. The number of aromatic nitrogens is 1. The molecule has 1 aromatic heterocycles. The lowest BCUT2D eigenvalue weighted by molar-refractivity contribution is 0.122. The second-order valence-electron chi connectivity index (χ2n) is 8.34. The van der Waals surface area contributed by atoms with Gasteiger partial charge in [-0.1, -0.05) is 43.6 Å². The molecule has 0 bridgehead atoms. The lowest BCUT2D eigenvalue weighted by Gasteiger charge is -2.29. The van der Waals surface area contributed by atoms with Gasteiger partial charge in [-0.25, -0.2) is 4.98 Å². The highest BCUT2D eigenvalue weighted by Crippen LogP contribution is 2.23. The SMILES string of the molecule is CN=C(NCc1cccnc1N1CCOCC1)NCC(C)(C)Cc1cccc(Cl)c1. The number of morpholine rings is 1. The first-order valence-electron chi connectivity index (χ1n) is 10.4. The molecule has 1 fully saturated rings. The summed E-state index contributed by atoms with van der Waals surface area (Å²) in [4.78, 5) is 11.3. The molecule has 0 radical (unpaired) electrons. The fourth-order valence-electron chi connectivity index (χ4n) is 3.61. The van der Waals surface area contributed by atoms with Crippen LogP contribution in [-0.2, 0) is 17.7 Å². The third-order valence-corrected chi connectivity index (χ3v) is 5.39. The van der Waals surface area contributed by atoms with Crippen LogP contribution in [0.15, 0.2) is 47.6 Å². The quantitative estimate of drug-likeness (QED) is 0.521. The summed E-state index contributed by atoms with van der Waals surface area (Å²) < 4.78 is 5.47. The third kappa shape index (κ3) is 6.61. The zero-order valence-corrected chi connectivity index (χ0v) is 18.9. The second kappa shape index (κ2) is 10.6. The highest BCUT2D eigenvalue weighted by Gasteiger charge is 2.20. The van der Waals surface area contributed by atoms with Gasteiger partial charge in [-0.05, 0) is 35.6 Å². The van der Waals surface area contributed by atoms with Crippen LogP contribution in [0.2, 0.25) is 5.02 Å². The number of aliphatic imine (C=N–C) groups is 1. The van der Waals surface area contributed by atoms with Gasteiger partial charge < -0.3 is 20.3 Å². The number of halogens is 1. The molecule has 3 rings (SSSR count). The number of nitrogens with zero attached hydrogens (tertiary/aromatic N) is 3. The number of guanidine groups is 1. The van der Waals surface area contributed by atoms with Crippen LogP contribution >= 0.6 is 11.6 Å². The van der Waals surface area contributed by atoms with Crippen LogP contribution < -0.4 is 15.5 Å². The van der Waals surface area contributed by atoms with Crippen LogP contribution in [0, 0.1) is 5.41 Å². The molecule has 1 saturated heterocycles. The summed E-state index contributed by atoms with van der Waals surface area (Å²) in [6, 6.07) is 12.2. The minimum absolute atomic E-state index is 0.0512. The van der Waals surface area contributed by atoms with E-state index in [0.717, 1.165) is 61.6 Å². The molecule has 7 heteroatoms. The van der Waals surface area contributed by atoms with Crippen molar-refractivity contribution in [1.29, 1.82) is 0 Å². The number of pyridine rings is 1. The van der Waals surface area contributed by atoms with Gasteiger partial charge in [0.2, 0.25) is 0 Å². The Kier molecular flexibility index (Phi) is 7.94. The highest BCUT2D eigenvalue weighted by atomic mass is 35.5. The van der Waals surface area contributed by atoms with Gasteiger partial charge in [0.25, 0.3) is 0 Å². The molecule has 0 saturated carbocycles. The van der Waals surface area contributed by atoms with Crippen molar-refractivity contribution in [3.63, 3.8) is 0 Å². The number of hydrogen-bond acceptors (Lipinski definition) is 4. The van der Waals surface area contributed by atoms with Crippen molar-refractivity contribution < 1.29 is 4.74 Å². The lowest BCUT2D eigenvalue weighted by Crippen LogP contribution is -2.43. The molecule has 2 aromatic rings. The second-order valence-corrected chi connectivity index (χ2v) is 8.77. The van der Waals surface area contributed by atoms with Gasteiger partial charge in [0.05, 0.1) is 13.2 Å². The normalized spacial score (nSPS) is 15.2. The van der Waals surface area contributed by atoms with Crippen molar-refractivity contribution in [3.8, 4) is 0 Å². The van der Waals surface area contributed by atoms with Crippen molar-refractivity contribution in [2.24, 2.45) is 10.4 Å². The number of nitrogens with one attached hydrogen (secondary N) is 2. The Morgan fingerprint density at radius 1 is 1.20 bits per heavy atom. The van der Waals surface area contributed by atoms with E-state index >= 15 is 0 Å². The van der Waals surface area contributed by atoms with E-state index in [0.29, 0.717) is 6.54 Å². The zero-order valence-electron chi connectivity index (χ0n) is 18.1. The topological polar surface area (TPSA) is 61.8 Å². The molecule has 0 spiro atoms. The number of rotatable bonds is 7. The Bertz CT molecular complexity index is 849. The minimum atomic E-state index is 0.0512. The molecule has 1 aliphatic rings. The van der Waals surface area contributed by atoms with E-state index in [4.69, 9.17) is 16.3 Å². The van der Waals surface area contributed by atoms with Gasteiger partial charge >= 0.3 is 0 Å². The van der Waals surface area contributed by atoms with E-state index in [9.17, 15) is 0 Å². The van der Waals surface area contributed by atoms with Crippen molar-refractivity contribution >= 4 is 23.4 Å². The Morgan fingerprint density at radius 2 is 2.00 bits per heavy atom. The largest absolute Gasteiger partial charge is 0.378 e. The number of hydrogen-bond donors (Lipinski definition) is 2. The van der Waals surface area contributed by atoms with Gasteiger partial charge in [0.1, 0.15) is 5.82 Å². The Labute approximate surface area is 184 Å². The summed E-state index contributed by atoms with van der Waals surface area (Å²) in [5.41, 5.74) is 2.44. The first-order valence-corrected chi connectivity index (χ1v) is 10.8. The average Bonchev–Trinajstić information content (AvgIpc) is 2.74. The first-order chi connectivity index (χ1) is 14.5. The van der Waals surface area contributed by atoms with Crippen molar-refractivity contribution in [2.45, 2.75) is 26.8 Å². The molecule has 162 valence electrons. The predicted octanol–water partition coefficient (Wildman–Crippen LogP) is 3.51. The molecule has 30 heavy (non-hydrogen) atoms. The molecule has 1 aromatic carbocycles. The maximum absolute atomic E-state index is 6.13. The van der Waals surface area contributed by atoms with Gasteiger partial charge in [-0.15, -0.1) is 0 Å². The summed E-state index contributed by atoms with van der Waals surface area (Å²) in [7, 11) is 1.80. The van der Waals surface area contributed by atoms with Crippen molar-refractivity contribution in [2.75, 3.05) is 44.8 Å². The highest BCUT2D eigenvalue weighted by molar-refractivity contribution is 6.30. The van der Waals surface area contributed by atoms with E-state index < -0.39 is 0 Å². The predicted molar refractivity (Wildman–Crippen MR) is 124 cm³/mol. The Balaban J connectivity index is 1.55. The standard InChI is InChI=1S/C23H32ClN5O/c1-23(2,15-18-6-4-8-20(24)14-18)17-28-22(25-3)27-16-19-7-5-9-26-21(19)29-10-12-30-13-11-29/h4-9,14H,10-13,15-17H2,1-3H3,(H2,25,27,28). The smallest absolute Gasteiger partial charge is 0.191 e. The van der Waals surface area contributed by atoms with Gasteiger partial charge in [0, 0.05) is 50.0 Å². The summed E-state index contributed by atoms with van der Waals surface area (Å²) in [6.45, 7) is 9.17. The van der Waals surface area contributed by atoms with E-state index in [1.54, 1.807) is 7.05 Å². The van der Waals surface area contributed by atoms with Crippen LogP contribution in [0.25, 0.3) is 0 Å². The maximum atomic E-state index is 6.13. The van der Waals surface area contributed by atoms with Crippen LogP contribution in [0.3, 0.4) is 0 Å². The molecule has 6 nitrogen and oxygen atoms in total. The van der Waals surface area contributed by atoms with Crippen LogP contribution in [0.4, 0.5) is 5.82 Å². The maximum Gasteiger partial charge on any atom is 0.191 e. The fourth-order valence-corrected chi connectivity index (χ4v) is 3.83. The molecule has 0 unspecified atom stereocenters. The molecule has 0 atom stereocenters. The van der Waals surface area contributed by atoms with Gasteiger partial charge in [0.15, 0.2) is 5.96 Å². The molecular formula is C23H32ClN5O. The lowest BCUT2D eigenvalue weighted by atomic mass is 9.86. The number of anilines is 1. The molecule has 1 aliphatic heterocycles.